The van der Waals surface area contributed by atoms with Gasteiger partial charge >= 0.3 is 0 Å². The fourth-order valence-electron chi connectivity index (χ4n) is 2.14. The van der Waals surface area contributed by atoms with Gasteiger partial charge in [-0.2, -0.15) is 10.4 Å². The van der Waals surface area contributed by atoms with E-state index >= 15 is 0 Å². The summed E-state index contributed by atoms with van der Waals surface area (Å²) in [5.41, 5.74) is 2.52. The molecular formula is C15H22N4O. The number of anilines is 1. The van der Waals surface area contributed by atoms with Crippen molar-refractivity contribution < 1.29 is 4.74 Å². The third-order valence-corrected chi connectivity index (χ3v) is 3.15. The van der Waals surface area contributed by atoms with Gasteiger partial charge in [0, 0.05) is 20.2 Å². The number of methoxy groups -OCH3 is 1. The fourth-order valence-corrected chi connectivity index (χ4v) is 2.14. The zero-order chi connectivity index (χ0) is 15.0. The van der Waals surface area contributed by atoms with Crippen molar-refractivity contribution in [3.05, 3.63) is 29.5 Å². The minimum absolute atomic E-state index is 0.567. The number of hydrogen-bond donors (Lipinski definition) is 0. The zero-order valence-electron chi connectivity index (χ0n) is 12.5. The van der Waals surface area contributed by atoms with Crippen molar-refractivity contribution >= 4 is 5.82 Å². The lowest BCUT2D eigenvalue weighted by atomic mass is 10.0. The first-order valence-electron chi connectivity index (χ1n) is 6.86. The van der Waals surface area contributed by atoms with E-state index < -0.39 is 0 Å². The Morgan fingerprint density at radius 2 is 2.10 bits per heavy atom. The molecule has 108 valence electrons. The molecular weight excluding hydrogens is 252 g/mol. The van der Waals surface area contributed by atoms with Crippen molar-refractivity contribution in [2.45, 2.75) is 26.7 Å². The number of nitrogens with zero attached hydrogens (tertiary/aromatic N) is 4. The lowest BCUT2D eigenvalue weighted by molar-refractivity contribution is 0.205. The van der Waals surface area contributed by atoms with Crippen molar-refractivity contribution in [1.29, 1.82) is 5.26 Å². The van der Waals surface area contributed by atoms with Crippen molar-refractivity contribution in [2.24, 2.45) is 0 Å². The van der Waals surface area contributed by atoms with Crippen LogP contribution in [0.5, 0.6) is 0 Å². The molecule has 1 heterocycles. The molecule has 1 rings (SSSR count). The Morgan fingerprint density at radius 3 is 2.60 bits per heavy atom. The Balaban J connectivity index is 3.27. The highest BCUT2D eigenvalue weighted by molar-refractivity contribution is 5.58. The summed E-state index contributed by atoms with van der Waals surface area (Å²) in [6, 6.07) is 2.29. The molecule has 0 saturated heterocycles. The van der Waals surface area contributed by atoms with Gasteiger partial charge in [-0.25, -0.2) is 0 Å². The molecule has 5 heteroatoms. The molecule has 0 aliphatic carbocycles. The van der Waals surface area contributed by atoms with Crippen LogP contribution in [0.4, 0.5) is 5.82 Å². The van der Waals surface area contributed by atoms with Crippen LogP contribution in [0.3, 0.4) is 0 Å². The second-order valence-electron chi connectivity index (χ2n) is 4.37. The Morgan fingerprint density at radius 1 is 1.35 bits per heavy atom. The Hall–Kier alpha value is -1.93. The van der Waals surface area contributed by atoms with Gasteiger partial charge in [-0.1, -0.05) is 19.9 Å². The van der Waals surface area contributed by atoms with E-state index in [4.69, 9.17) is 4.74 Å². The quantitative estimate of drug-likeness (QED) is 0.679. The van der Waals surface area contributed by atoms with Crippen molar-refractivity contribution in [2.75, 3.05) is 31.7 Å². The van der Waals surface area contributed by atoms with Crippen molar-refractivity contribution in [3.8, 4) is 6.07 Å². The van der Waals surface area contributed by atoms with E-state index in [0.29, 0.717) is 31.1 Å². The summed E-state index contributed by atoms with van der Waals surface area (Å²) >= 11 is 0. The van der Waals surface area contributed by atoms with Gasteiger partial charge in [0.15, 0.2) is 5.82 Å². The van der Waals surface area contributed by atoms with Crippen LogP contribution in [0.2, 0.25) is 0 Å². The largest absolute Gasteiger partial charge is 0.383 e. The smallest absolute Gasteiger partial charge is 0.169 e. The highest BCUT2D eigenvalue weighted by Crippen LogP contribution is 2.23. The molecule has 0 amide bonds. The van der Waals surface area contributed by atoms with Gasteiger partial charge < -0.3 is 9.64 Å². The van der Waals surface area contributed by atoms with Crippen LogP contribution in [0.1, 0.15) is 30.7 Å². The Labute approximate surface area is 120 Å². The maximum atomic E-state index is 9.49. The van der Waals surface area contributed by atoms with Gasteiger partial charge in [-0.05, 0) is 18.4 Å². The molecule has 0 saturated carbocycles. The summed E-state index contributed by atoms with van der Waals surface area (Å²) in [4.78, 5) is 1.97. The molecule has 0 aliphatic heterocycles. The second kappa shape index (κ2) is 8.28. The van der Waals surface area contributed by atoms with E-state index in [0.717, 1.165) is 24.1 Å². The molecule has 0 unspecified atom stereocenters. The maximum Gasteiger partial charge on any atom is 0.169 e. The normalized spacial score (nSPS) is 10.1. The van der Waals surface area contributed by atoms with Gasteiger partial charge in [0.2, 0.25) is 0 Å². The van der Waals surface area contributed by atoms with E-state index in [2.05, 4.69) is 22.8 Å². The van der Waals surface area contributed by atoms with Crippen molar-refractivity contribution in [3.63, 3.8) is 0 Å². The predicted octanol–water partition coefficient (Wildman–Crippen LogP) is 2.11. The molecule has 0 radical (unpaired) electrons. The van der Waals surface area contributed by atoms with E-state index in [1.54, 1.807) is 13.2 Å². The van der Waals surface area contributed by atoms with Gasteiger partial charge in [0.25, 0.3) is 0 Å². The Bertz CT molecular complexity index is 493. The monoisotopic (exact) mass is 274 g/mol. The third kappa shape index (κ3) is 3.55. The third-order valence-electron chi connectivity index (χ3n) is 3.15. The number of nitriles is 1. The average Bonchev–Trinajstić information content (AvgIpc) is 2.49. The summed E-state index contributed by atoms with van der Waals surface area (Å²) in [6.07, 6.45) is 3.35. The van der Waals surface area contributed by atoms with Crippen LogP contribution >= 0.6 is 0 Å². The first-order chi connectivity index (χ1) is 9.73. The lowest BCUT2D eigenvalue weighted by Gasteiger charge is -2.23. The van der Waals surface area contributed by atoms with E-state index in [9.17, 15) is 5.26 Å². The van der Waals surface area contributed by atoms with E-state index in [1.807, 2.05) is 18.7 Å². The number of aromatic nitrogens is 2. The van der Waals surface area contributed by atoms with Gasteiger partial charge in [-0.3, -0.25) is 0 Å². The molecule has 20 heavy (non-hydrogen) atoms. The number of hydrogen-bond acceptors (Lipinski definition) is 5. The van der Waals surface area contributed by atoms with Gasteiger partial charge in [-0.15, -0.1) is 11.7 Å². The van der Waals surface area contributed by atoms with Gasteiger partial charge in [0.1, 0.15) is 11.6 Å². The molecule has 0 aliphatic rings. The molecule has 5 nitrogen and oxygen atoms in total. The minimum atomic E-state index is 0.567. The summed E-state index contributed by atoms with van der Waals surface area (Å²) in [5.74, 6) is 0.624. The first kappa shape index (κ1) is 16.1. The molecule has 0 aromatic carbocycles. The summed E-state index contributed by atoms with van der Waals surface area (Å²) in [6.45, 7) is 9.64. The number of ether oxygens (including phenoxy) is 1. The van der Waals surface area contributed by atoms with Crippen LogP contribution in [-0.2, 0) is 17.6 Å². The van der Waals surface area contributed by atoms with Gasteiger partial charge in [0.05, 0.1) is 12.3 Å². The summed E-state index contributed by atoms with van der Waals surface area (Å²) in [7, 11) is 1.65. The molecule has 0 N–H and O–H groups in total. The molecule has 0 spiro atoms. The standard InChI is InChI=1S/C15H22N4O/c1-5-8-19(9-10-20-4)15-13(11-16)12(6-2)14(7-3)17-18-15/h5H,1,6-10H2,2-4H3. The second-order valence-corrected chi connectivity index (χ2v) is 4.37. The predicted molar refractivity (Wildman–Crippen MR) is 79.8 cm³/mol. The maximum absolute atomic E-state index is 9.49. The highest BCUT2D eigenvalue weighted by Gasteiger charge is 2.18. The molecule has 0 atom stereocenters. The lowest BCUT2D eigenvalue weighted by Crippen LogP contribution is -2.30. The number of aryl methyl sites for hydroxylation is 1. The highest BCUT2D eigenvalue weighted by atomic mass is 16.5. The van der Waals surface area contributed by atoms with Crippen LogP contribution in [-0.4, -0.2) is 37.0 Å². The molecule has 1 aromatic heterocycles. The summed E-state index contributed by atoms with van der Waals surface area (Å²) < 4.78 is 5.11. The minimum Gasteiger partial charge on any atom is -0.383 e. The molecule has 0 fully saturated rings. The summed E-state index contributed by atoms with van der Waals surface area (Å²) in [5, 5.41) is 18.0. The number of rotatable bonds is 8. The van der Waals surface area contributed by atoms with Crippen LogP contribution in [0.15, 0.2) is 12.7 Å². The van der Waals surface area contributed by atoms with Crippen LogP contribution in [0, 0.1) is 11.3 Å². The molecule has 1 aromatic rings. The van der Waals surface area contributed by atoms with Crippen LogP contribution in [0.25, 0.3) is 0 Å². The molecule has 0 bridgehead atoms. The zero-order valence-corrected chi connectivity index (χ0v) is 12.5. The Kier molecular flexibility index (Phi) is 6.68. The van der Waals surface area contributed by atoms with Crippen LogP contribution < -0.4 is 4.90 Å². The SMILES string of the molecule is C=CCN(CCOC)c1nnc(CC)c(CC)c1C#N. The average molecular weight is 274 g/mol. The van der Waals surface area contributed by atoms with E-state index in [1.165, 1.54) is 0 Å². The van der Waals surface area contributed by atoms with E-state index in [-0.39, 0.29) is 0 Å². The first-order valence-corrected chi connectivity index (χ1v) is 6.86. The van der Waals surface area contributed by atoms with Crippen molar-refractivity contribution in [1.82, 2.24) is 10.2 Å². The fraction of sp³-hybridized carbons (Fsp3) is 0.533. The topological polar surface area (TPSA) is 62.0 Å².